The fraction of sp³-hybridized carbons (Fsp3) is 0.263. The summed E-state index contributed by atoms with van der Waals surface area (Å²) in [6.45, 7) is 0.725. The lowest BCUT2D eigenvalue weighted by atomic mass is 10.2. The Kier molecular flexibility index (Phi) is 6.64. The van der Waals surface area contributed by atoms with E-state index in [1.807, 2.05) is 0 Å². The van der Waals surface area contributed by atoms with Crippen molar-refractivity contribution in [1.29, 1.82) is 0 Å². The Balaban J connectivity index is 0.000000158. The third-order valence-electron chi connectivity index (χ3n) is 4.74. The number of benzene rings is 2. The molecule has 158 valence electrons. The molecular weight excluding hydrogens is 569 g/mol. The van der Waals surface area contributed by atoms with Crippen molar-refractivity contribution in [3.05, 3.63) is 55.2 Å². The number of hydrogen-bond acceptors (Lipinski definition) is 3. The third kappa shape index (κ3) is 4.10. The zero-order valence-electron chi connectivity index (χ0n) is 15.2. The topological polar surface area (TPSA) is 55.7 Å². The van der Waals surface area contributed by atoms with Crippen LogP contribution in [0.1, 0.15) is 25.5 Å². The molecule has 0 aliphatic carbocycles. The predicted molar refractivity (Wildman–Crippen MR) is 120 cm³/mol. The summed E-state index contributed by atoms with van der Waals surface area (Å²) in [5.41, 5.74) is 1.33. The first kappa shape index (κ1) is 22.0. The minimum Gasteiger partial charge on any atom is -0.356 e. The lowest BCUT2D eigenvalue weighted by Crippen LogP contribution is -2.19. The Morgan fingerprint density at radius 2 is 1.73 bits per heavy atom. The second kappa shape index (κ2) is 9.08. The molecule has 5 rings (SSSR count). The number of hydrogen-bond donors (Lipinski definition) is 1. The predicted octanol–water partition coefficient (Wildman–Crippen LogP) is 7.41. The van der Waals surface area contributed by atoms with Gasteiger partial charge in [0.1, 0.15) is 11.6 Å². The van der Waals surface area contributed by atoms with Crippen molar-refractivity contribution in [3.8, 4) is 0 Å². The minimum atomic E-state index is -0.458. The SMILES string of the molecule is Fc1cc2[nH]ncc2c(Br)c1Cl.Fc1cc2c(cnn2C2CCCCO2)c(Br)c1Cl. The maximum atomic E-state index is 13.7. The van der Waals surface area contributed by atoms with E-state index in [9.17, 15) is 8.78 Å². The van der Waals surface area contributed by atoms with Crippen molar-refractivity contribution in [2.45, 2.75) is 25.5 Å². The number of halogens is 6. The Morgan fingerprint density at radius 3 is 2.43 bits per heavy atom. The van der Waals surface area contributed by atoms with Crippen molar-refractivity contribution >= 4 is 76.9 Å². The smallest absolute Gasteiger partial charge is 0.150 e. The molecule has 2 aromatic carbocycles. The van der Waals surface area contributed by atoms with Gasteiger partial charge in [-0.3, -0.25) is 5.10 Å². The summed E-state index contributed by atoms with van der Waals surface area (Å²) in [4.78, 5) is 0. The molecule has 0 radical (unpaired) electrons. The number of rotatable bonds is 1. The first-order chi connectivity index (χ1) is 14.4. The quantitative estimate of drug-likeness (QED) is 0.238. The van der Waals surface area contributed by atoms with Gasteiger partial charge in [-0.15, -0.1) is 0 Å². The molecule has 1 saturated heterocycles. The maximum absolute atomic E-state index is 13.7. The van der Waals surface area contributed by atoms with E-state index in [-0.39, 0.29) is 16.3 Å². The van der Waals surface area contributed by atoms with E-state index < -0.39 is 11.6 Å². The van der Waals surface area contributed by atoms with E-state index in [4.69, 9.17) is 27.9 Å². The van der Waals surface area contributed by atoms with Crippen molar-refractivity contribution in [2.75, 3.05) is 6.61 Å². The van der Waals surface area contributed by atoms with E-state index in [1.54, 1.807) is 17.1 Å². The first-order valence-corrected chi connectivity index (χ1v) is 11.3. The number of H-pyrrole nitrogens is 1. The monoisotopic (exact) mass is 580 g/mol. The molecule has 2 aromatic heterocycles. The normalized spacial score (nSPS) is 16.7. The highest BCUT2D eigenvalue weighted by atomic mass is 79.9. The van der Waals surface area contributed by atoms with E-state index >= 15 is 0 Å². The molecule has 1 aliphatic heterocycles. The zero-order valence-corrected chi connectivity index (χ0v) is 19.9. The fourth-order valence-electron chi connectivity index (χ4n) is 3.23. The van der Waals surface area contributed by atoms with Crippen LogP contribution in [-0.4, -0.2) is 26.6 Å². The minimum absolute atomic E-state index is 0.0869. The first-order valence-electron chi connectivity index (χ1n) is 8.97. The molecular formula is C19H14Br2Cl2F2N4O. The Morgan fingerprint density at radius 1 is 1.03 bits per heavy atom. The molecule has 30 heavy (non-hydrogen) atoms. The molecule has 11 heteroatoms. The van der Waals surface area contributed by atoms with Crippen LogP contribution in [0.15, 0.2) is 33.5 Å². The summed E-state index contributed by atoms with van der Waals surface area (Å²) in [6, 6.07) is 2.73. The Hall–Kier alpha value is -1.26. The van der Waals surface area contributed by atoms with E-state index in [2.05, 4.69) is 47.2 Å². The average Bonchev–Trinajstić information content (AvgIpc) is 3.39. The van der Waals surface area contributed by atoms with Crippen molar-refractivity contribution < 1.29 is 13.5 Å². The van der Waals surface area contributed by atoms with Crippen LogP contribution in [0.2, 0.25) is 10.0 Å². The van der Waals surface area contributed by atoms with E-state index in [1.165, 1.54) is 12.1 Å². The van der Waals surface area contributed by atoms with Gasteiger partial charge in [-0.2, -0.15) is 10.2 Å². The standard InChI is InChI=1S/C12H11BrClFN2O.C7H3BrClFN2/c13-11-7-6-16-17(10-3-1-2-4-18-10)9(7)5-8(15)12(11)14;8-6-3-2-11-12-5(3)1-4(10)7(6)9/h5-6,10H,1-4H2;1-2H,(H,11,12). The van der Waals surface area contributed by atoms with E-state index in [0.29, 0.717) is 20.0 Å². The number of nitrogens with one attached hydrogen (secondary N) is 1. The number of aromatic amines is 1. The second-order valence-electron chi connectivity index (χ2n) is 6.65. The molecule has 5 nitrogen and oxygen atoms in total. The van der Waals surface area contributed by atoms with Gasteiger partial charge in [0.15, 0.2) is 6.23 Å². The average molecular weight is 583 g/mol. The lowest BCUT2D eigenvalue weighted by molar-refractivity contribution is -0.0366. The molecule has 0 bridgehead atoms. The highest BCUT2D eigenvalue weighted by molar-refractivity contribution is 9.11. The summed E-state index contributed by atoms with van der Waals surface area (Å²) in [6.07, 6.45) is 6.23. The summed E-state index contributed by atoms with van der Waals surface area (Å²) in [5, 5.41) is 12.5. The van der Waals surface area contributed by atoms with Gasteiger partial charge in [0.05, 0.1) is 42.4 Å². The largest absolute Gasteiger partial charge is 0.356 e. The summed E-state index contributed by atoms with van der Waals surface area (Å²) >= 11 is 18.0. The zero-order chi connectivity index (χ0) is 21.4. The van der Waals surface area contributed by atoms with Gasteiger partial charge in [-0.1, -0.05) is 23.2 Å². The Bertz CT molecular complexity index is 1220. The molecule has 1 aliphatic rings. The number of aromatic nitrogens is 4. The van der Waals surface area contributed by atoms with Crippen LogP contribution < -0.4 is 0 Å². The van der Waals surface area contributed by atoms with Crippen molar-refractivity contribution in [3.63, 3.8) is 0 Å². The molecule has 1 atom stereocenters. The molecule has 0 amide bonds. The lowest BCUT2D eigenvalue weighted by Gasteiger charge is -2.23. The number of fused-ring (bicyclic) bond motifs is 2. The second-order valence-corrected chi connectivity index (χ2v) is 8.99. The van der Waals surface area contributed by atoms with Gasteiger partial charge in [0.25, 0.3) is 0 Å². The molecule has 1 fully saturated rings. The highest BCUT2D eigenvalue weighted by Gasteiger charge is 2.21. The van der Waals surface area contributed by atoms with Gasteiger partial charge >= 0.3 is 0 Å². The van der Waals surface area contributed by atoms with Crippen LogP contribution >= 0.6 is 55.1 Å². The fourth-order valence-corrected chi connectivity index (χ4v) is 4.54. The van der Waals surface area contributed by atoms with Crippen LogP contribution in [-0.2, 0) is 4.74 Å². The summed E-state index contributed by atoms with van der Waals surface area (Å²) in [5.74, 6) is -0.908. The molecule has 1 N–H and O–H groups in total. The Labute approximate surface area is 196 Å². The van der Waals surface area contributed by atoms with Gasteiger partial charge in [-0.05, 0) is 51.1 Å². The van der Waals surface area contributed by atoms with Crippen LogP contribution in [0, 0.1) is 11.6 Å². The van der Waals surface area contributed by atoms with Crippen LogP contribution in [0.3, 0.4) is 0 Å². The molecule has 0 saturated carbocycles. The van der Waals surface area contributed by atoms with Crippen molar-refractivity contribution in [1.82, 2.24) is 20.0 Å². The van der Waals surface area contributed by atoms with Crippen LogP contribution in [0.4, 0.5) is 8.78 Å². The van der Waals surface area contributed by atoms with Gasteiger partial charge < -0.3 is 4.74 Å². The molecule has 1 unspecified atom stereocenters. The van der Waals surface area contributed by atoms with Gasteiger partial charge in [0, 0.05) is 29.5 Å². The maximum Gasteiger partial charge on any atom is 0.150 e. The van der Waals surface area contributed by atoms with Gasteiger partial charge in [-0.25, -0.2) is 13.5 Å². The third-order valence-corrected chi connectivity index (χ3v) is 7.59. The van der Waals surface area contributed by atoms with Gasteiger partial charge in [0.2, 0.25) is 0 Å². The van der Waals surface area contributed by atoms with Crippen LogP contribution in [0.5, 0.6) is 0 Å². The van der Waals surface area contributed by atoms with Crippen molar-refractivity contribution in [2.24, 2.45) is 0 Å². The van der Waals surface area contributed by atoms with Crippen LogP contribution in [0.25, 0.3) is 21.8 Å². The molecule has 3 heterocycles. The molecule has 0 spiro atoms. The highest BCUT2D eigenvalue weighted by Crippen LogP contribution is 2.36. The summed E-state index contributed by atoms with van der Waals surface area (Å²) in [7, 11) is 0. The number of nitrogens with zero attached hydrogens (tertiary/aromatic N) is 3. The summed E-state index contributed by atoms with van der Waals surface area (Å²) < 4.78 is 35.2. The number of ether oxygens (including phenoxy) is 1. The molecule has 4 aromatic rings. The van der Waals surface area contributed by atoms with E-state index in [0.717, 1.165) is 36.6 Å².